The molecule has 1 aromatic carbocycles. The molecule has 0 fully saturated rings. The van der Waals surface area contributed by atoms with Crippen LogP contribution >= 0.6 is 23.2 Å². The van der Waals surface area contributed by atoms with Gasteiger partial charge in [0.05, 0.1) is 10.0 Å². The number of aliphatic hydroxyl groups excluding tert-OH is 1. The highest BCUT2D eigenvalue weighted by Gasteiger charge is 2.24. The normalized spacial score (nSPS) is 13.5. The quantitative estimate of drug-likeness (QED) is 0.697. The maximum Gasteiger partial charge on any atom is 0.243 e. The smallest absolute Gasteiger partial charge is 0.243 e. The molecular formula is C11H16Cl2N2O3S. The fourth-order valence-corrected chi connectivity index (χ4v) is 4.20. The van der Waals surface area contributed by atoms with Crippen molar-refractivity contribution in [1.82, 2.24) is 4.72 Å². The third-order valence-electron chi connectivity index (χ3n) is 2.58. The lowest BCUT2D eigenvalue weighted by molar-refractivity contribution is 0.270. The highest BCUT2D eigenvalue weighted by molar-refractivity contribution is 7.89. The molecule has 0 spiro atoms. The van der Waals surface area contributed by atoms with Crippen molar-refractivity contribution >= 4 is 38.9 Å². The Bertz CT molecular complexity index is 526. The van der Waals surface area contributed by atoms with Crippen LogP contribution < -0.4 is 10.5 Å². The third kappa shape index (κ3) is 4.22. The number of sulfonamides is 1. The van der Waals surface area contributed by atoms with Gasteiger partial charge in [0.1, 0.15) is 4.90 Å². The molecule has 5 nitrogen and oxygen atoms in total. The Kier molecular flexibility index (Phi) is 5.88. The SMILES string of the molecule is CCC(CCO)NS(=O)(=O)c1c(Cl)cc(N)cc1Cl. The lowest BCUT2D eigenvalue weighted by Gasteiger charge is -2.17. The van der Waals surface area contributed by atoms with E-state index in [1.807, 2.05) is 6.92 Å². The summed E-state index contributed by atoms with van der Waals surface area (Å²) in [5.74, 6) is 0. The van der Waals surface area contributed by atoms with Crippen molar-refractivity contribution in [1.29, 1.82) is 0 Å². The Morgan fingerprint density at radius 3 is 2.32 bits per heavy atom. The number of rotatable bonds is 6. The van der Waals surface area contributed by atoms with E-state index < -0.39 is 10.0 Å². The van der Waals surface area contributed by atoms with Crippen LogP contribution in [0.4, 0.5) is 5.69 Å². The van der Waals surface area contributed by atoms with Gasteiger partial charge < -0.3 is 10.8 Å². The van der Waals surface area contributed by atoms with Crippen LogP contribution in [0.3, 0.4) is 0 Å². The monoisotopic (exact) mass is 326 g/mol. The molecule has 1 atom stereocenters. The van der Waals surface area contributed by atoms with E-state index in [9.17, 15) is 8.42 Å². The van der Waals surface area contributed by atoms with Crippen molar-refractivity contribution in [2.24, 2.45) is 0 Å². The Morgan fingerprint density at radius 2 is 1.89 bits per heavy atom. The van der Waals surface area contributed by atoms with Gasteiger partial charge in [-0.15, -0.1) is 0 Å². The molecule has 19 heavy (non-hydrogen) atoms. The Balaban J connectivity index is 3.14. The van der Waals surface area contributed by atoms with Crippen LogP contribution in [-0.4, -0.2) is 26.2 Å². The van der Waals surface area contributed by atoms with Crippen molar-refractivity contribution in [3.05, 3.63) is 22.2 Å². The van der Waals surface area contributed by atoms with Gasteiger partial charge in [0.15, 0.2) is 0 Å². The summed E-state index contributed by atoms with van der Waals surface area (Å²) < 4.78 is 26.9. The molecule has 0 aliphatic carbocycles. The van der Waals surface area contributed by atoms with E-state index in [-0.39, 0.29) is 33.3 Å². The van der Waals surface area contributed by atoms with Crippen molar-refractivity contribution in [3.63, 3.8) is 0 Å². The number of benzene rings is 1. The minimum atomic E-state index is -3.85. The van der Waals surface area contributed by atoms with Crippen LogP contribution in [-0.2, 0) is 10.0 Å². The zero-order valence-electron chi connectivity index (χ0n) is 10.4. The minimum absolute atomic E-state index is 0.0312. The molecule has 0 saturated carbocycles. The van der Waals surface area contributed by atoms with Gasteiger partial charge in [-0.2, -0.15) is 0 Å². The molecule has 8 heteroatoms. The van der Waals surface area contributed by atoms with Crippen LogP contribution in [0.25, 0.3) is 0 Å². The fraction of sp³-hybridized carbons (Fsp3) is 0.455. The largest absolute Gasteiger partial charge is 0.399 e. The third-order valence-corrected chi connectivity index (χ3v) is 5.02. The molecule has 4 N–H and O–H groups in total. The van der Waals surface area contributed by atoms with E-state index in [1.165, 1.54) is 12.1 Å². The molecule has 108 valence electrons. The minimum Gasteiger partial charge on any atom is -0.399 e. The van der Waals surface area contributed by atoms with Crippen LogP contribution in [0.1, 0.15) is 19.8 Å². The Hall–Kier alpha value is -0.530. The average molecular weight is 327 g/mol. The number of nitrogen functional groups attached to an aromatic ring is 1. The summed E-state index contributed by atoms with van der Waals surface area (Å²) in [6.07, 6.45) is 0.865. The summed E-state index contributed by atoms with van der Waals surface area (Å²) in [5.41, 5.74) is 5.82. The van der Waals surface area contributed by atoms with Crippen LogP contribution in [0.2, 0.25) is 10.0 Å². The molecule has 0 aliphatic rings. The molecule has 0 saturated heterocycles. The zero-order chi connectivity index (χ0) is 14.6. The topological polar surface area (TPSA) is 92.4 Å². The van der Waals surface area contributed by atoms with Crippen molar-refractivity contribution in [2.45, 2.75) is 30.7 Å². The lowest BCUT2D eigenvalue weighted by atomic mass is 10.2. The predicted molar refractivity (Wildman–Crippen MR) is 77.0 cm³/mol. The van der Waals surface area contributed by atoms with Gasteiger partial charge in [0.25, 0.3) is 0 Å². The van der Waals surface area contributed by atoms with Crippen molar-refractivity contribution in [3.8, 4) is 0 Å². The van der Waals surface area contributed by atoms with E-state index in [0.717, 1.165) is 0 Å². The van der Waals surface area contributed by atoms with Crippen LogP contribution in [0.5, 0.6) is 0 Å². The van der Waals surface area contributed by atoms with E-state index in [2.05, 4.69) is 4.72 Å². The van der Waals surface area contributed by atoms with Gasteiger partial charge in [-0.25, -0.2) is 13.1 Å². The molecule has 1 aromatic rings. The summed E-state index contributed by atoms with van der Waals surface area (Å²) in [4.78, 5) is -0.193. The number of nitrogens with one attached hydrogen (secondary N) is 1. The summed E-state index contributed by atoms with van der Waals surface area (Å²) >= 11 is 11.8. The van der Waals surface area contributed by atoms with Gasteiger partial charge >= 0.3 is 0 Å². The number of hydrogen-bond acceptors (Lipinski definition) is 4. The van der Waals surface area contributed by atoms with Crippen molar-refractivity contribution < 1.29 is 13.5 Å². The van der Waals surface area contributed by atoms with E-state index in [1.54, 1.807) is 0 Å². The standard InChI is InChI=1S/C11H16Cl2N2O3S/c1-2-8(3-4-16)15-19(17,18)11-9(12)5-7(14)6-10(11)13/h5-6,8,15-16H,2-4,14H2,1H3. The number of halogens is 2. The first-order chi connectivity index (χ1) is 8.81. The van der Waals surface area contributed by atoms with Gasteiger partial charge in [-0.3, -0.25) is 0 Å². The fourth-order valence-electron chi connectivity index (χ4n) is 1.62. The van der Waals surface area contributed by atoms with Crippen molar-refractivity contribution in [2.75, 3.05) is 12.3 Å². The summed E-state index contributed by atoms with van der Waals surface area (Å²) in [7, 11) is -3.85. The molecule has 1 rings (SSSR count). The molecule has 0 radical (unpaired) electrons. The average Bonchev–Trinajstić information content (AvgIpc) is 2.25. The van der Waals surface area contributed by atoms with E-state index in [4.69, 9.17) is 34.0 Å². The summed E-state index contributed by atoms with van der Waals surface area (Å²) in [5, 5.41) is 8.81. The molecular weight excluding hydrogens is 311 g/mol. The Morgan fingerprint density at radius 1 is 1.37 bits per heavy atom. The van der Waals surface area contributed by atoms with Gasteiger partial charge in [0, 0.05) is 18.3 Å². The Labute approximate surface area is 122 Å². The van der Waals surface area contributed by atoms with Crippen LogP contribution in [0, 0.1) is 0 Å². The maximum atomic E-state index is 12.2. The summed E-state index contributed by atoms with van der Waals surface area (Å²) in [6.45, 7) is 1.71. The molecule has 0 aliphatic heterocycles. The van der Waals surface area contributed by atoms with E-state index in [0.29, 0.717) is 12.8 Å². The zero-order valence-corrected chi connectivity index (χ0v) is 12.7. The second-order valence-corrected chi connectivity index (χ2v) is 6.52. The number of hydrogen-bond donors (Lipinski definition) is 3. The molecule has 0 bridgehead atoms. The first kappa shape index (κ1) is 16.5. The highest BCUT2D eigenvalue weighted by Crippen LogP contribution is 2.31. The second kappa shape index (κ2) is 6.76. The number of anilines is 1. The maximum absolute atomic E-state index is 12.2. The van der Waals surface area contributed by atoms with Gasteiger partial charge in [-0.05, 0) is 25.0 Å². The van der Waals surface area contributed by atoms with E-state index >= 15 is 0 Å². The highest BCUT2D eigenvalue weighted by atomic mass is 35.5. The first-order valence-corrected chi connectivity index (χ1v) is 7.93. The van der Waals surface area contributed by atoms with Gasteiger partial charge in [-0.1, -0.05) is 30.1 Å². The predicted octanol–water partition coefficient (Wildman–Crippen LogP) is 2.01. The number of nitrogens with two attached hydrogens (primary N) is 1. The second-order valence-electron chi connectivity index (χ2n) is 4.05. The first-order valence-electron chi connectivity index (χ1n) is 5.69. The number of aliphatic hydroxyl groups is 1. The summed E-state index contributed by atoms with van der Waals surface area (Å²) in [6, 6.07) is 2.28. The van der Waals surface area contributed by atoms with Gasteiger partial charge in [0.2, 0.25) is 10.0 Å². The molecule has 0 amide bonds. The molecule has 1 unspecified atom stereocenters. The molecule has 0 aromatic heterocycles. The van der Waals surface area contributed by atoms with Crippen LogP contribution in [0.15, 0.2) is 17.0 Å². The lowest BCUT2D eigenvalue weighted by Crippen LogP contribution is -2.35. The molecule has 0 heterocycles.